The van der Waals surface area contributed by atoms with Gasteiger partial charge in [-0.25, -0.2) is 4.98 Å². The number of fused-ring (bicyclic) bond motifs is 1. The lowest BCUT2D eigenvalue weighted by molar-refractivity contribution is 0.0985. The van der Waals surface area contributed by atoms with E-state index in [0.29, 0.717) is 12.0 Å². The van der Waals surface area contributed by atoms with Crippen molar-refractivity contribution in [2.45, 2.75) is 31.7 Å². The Kier molecular flexibility index (Phi) is 4.94. The van der Waals surface area contributed by atoms with Crippen molar-refractivity contribution in [3.05, 3.63) is 36.2 Å². The molecule has 0 spiro atoms. The maximum absolute atomic E-state index is 5.65. The van der Waals surface area contributed by atoms with Crippen molar-refractivity contribution in [1.29, 1.82) is 0 Å². The average molecular weight is 396 g/mol. The van der Waals surface area contributed by atoms with E-state index in [4.69, 9.17) is 9.72 Å². The molecule has 0 aliphatic carbocycles. The summed E-state index contributed by atoms with van der Waals surface area (Å²) in [5.41, 5.74) is 4.18. The first-order valence-electron chi connectivity index (χ1n) is 10.0. The van der Waals surface area contributed by atoms with Crippen LogP contribution in [-0.2, 0) is 4.74 Å². The Morgan fingerprint density at radius 3 is 2.89 bits per heavy atom. The molecule has 2 saturated heterocycles. The second-order valence-corrected chi connectivity index (χ2v) is 8.82. The molecule has 1 N–H and O–H groups in total. The largest absolute Gasteiger partial charge is 0.377 e. The smallest absolute Gasteiger partial charge is 0.130 e. The molecule has 28 heavy (non-hydrogen) atoms. The third-order valence-corrected chi connectivity index (χ3v) is 6.87. The molecule has 7 heteroatoms. The predicted molar refractivity (Wildman–Crippen MR) is 114 cm³/mol. The summed E-state index contributed by atoms with van der Waals surface area (Å²) in [7, 11) is 0. The third-order valence-electron chi connectivity index (χ3n) is 5.83. The Morgan fingerprint density at radius 2 is 2.11 bits per heavy atom. The van der Waals surface area contributed by atoms with Gasteiger partial charge in [0, 0.05) is 24.3 Å². The number of thioether (sulfide) groups is 1. The summed E-state index contributed by atoms with van der Waals surface area (Å²) in [5.74, 6) is 4.09. The number of pyridine rings is 2. The molecule has 0 bridgehead atoms. The third kappa shape index (κ3) is 3.26. The van der Waals surface area contributed by atoms with E-state index in [2.05, 4.69) is 50.9 Å². The molecule has 3 aromatic rings. The summed E-state index contributed by atoms with van der Waals surface area (Å²) < 4.78 is 5.65. The highest BCUT2D eigenvalue weighted by Crippen LogP contribution is 2.39. The van der Waals surface area contributed by atoms with Crippen LogP contribution in [0.2, 0.25) is 0 Å². The summed E-state index contributed by atoms with van der Waals surface area (Å²) in [5, 5.41) is 8.41. The lowest BCUT2D eigenvalue weighted by atomic mass is 9.90. The number of H-pyrrole nitrogens is 1. The number of nitrogens with zero attached hydrogens (tertiary/aromatic N) is 4. The van der Waals surface area contributed by atoms with Crippen LogP contribution in [0.25, 0.3) is 22.3 Å². The molecular weight excluding hydrogens is 370 g/mol. The van der Waals surface area contributed by atoms with E-state index in [-0.39, 0.29) is 0 Å². The Hall–Kier alpha value is -2.12. The predicted octanol–water partition coefficient (Wildman–Crippen LogP) is 3.86. The van der Waals surface area contributed by atoms with Gasteiger partial charge in [0.1, 0.15) is 17.0 Å². The minimum absolute atomic E-state index is 0.320. The molecule has 0 radical (unpaired) electrons. The van der Waals surface area contributed by atoms with Crippen LogP contribution >= 0.6 is 11.8 Å². The van der Waals surface area contributed by atoms with Gasteiger partial charge in [0.2, 0.25) is 0 Å². The molecule has 0 amide bonds. The van der Waals surface area contributed by atoms with Crippen molar-refractivity contribution in [3.8, 4) is 11.4 Å². The van der Waals surface area contributed by atoms with E-state index < -0.39 is 0 Å². The number of ether oxygens (including phenoxy) is 1. The van der Waals surface area contributed by atoms with E-state index in [1.807, 2.05) is 12.3 Å². The number of hydrogen-bond acceptors (Lipinski definition) is 6. The quantitative estimate of drug-likeness (QED) is 0.726. The van der Waals surface area contributed by atoms with E-state index in [1.54, 1.807) is 6.20 Å². The average Bonchev–Trinajstić information content (AvgIpc) is 3.28. The monoisotopic (exact) mass is 395 g/mol. The standard InChI is InChI=1S/C21H25N5OS/c1-14-13-27-9-8-26(14)19-12-17(15-4-10-28-11-5-15)16-2-6-22-21(20(16)24-19)18-3-7-23-25-18/h2-3,6-7,12,14-15H,4-5,8-11,13H2,1H3,(H,23,25)/t14-/m1/s1. The number of rotatable bonds is 3. The van der Waals surface area contributed by atoms with E-state index in [0.717, 1.165) is 42.5 Å². The molecule has 2 fully saturated rings. The fourth-order valence-electron chi connectivity index (χ4n) is 4.31. The Labute approximate surface area is 169 Å². The maximum atomic E-state index is 5.65. The summed E-state index contributed by atoms with van der Waals surface area (Å²) in [6.07, 6.45) is 6.12. The zero-order valence-corrected chi connectivity index (χ0v) is 16.9. The van der Waals surface area contributed by atoms with Crippen molar-refractivity contribution < 1.29 is 4.74 Å². The summed E-state index contributed by atoms with van der Waals surface area (Å²) in [6.45, 7) is 4.58. The van der Waals surface area contributed by atoms with Gasteiger partial charge in [-0.05, 0) is 61.0 Å². The number of morpholine rings is 1. The molecule has 3 aromatic heterocycles. The second kappa shape index (κ2) is 7.72. The zero-order chi connectivity index (χ0) is 18.9. The molecule has 5 rings (SSSR count). The van der Waals surface area contributed by atoms with Gasteiger partial charge in [-0.2, -0.15) is 16.9 Å². The first-order chi connectivity index (χ1) is 13.8. The van der Waals surface area contributed by atoms with Crippen LogP contribution in [0.15, 0.2) is 30.6 Å². The van der Waals surface area contributed by atoms with Gasteiger partial charge in [0.05, 0.1) is 24.9 Å². The summed E-state index contributed by atoms with van der Waals surface area (Å²) in [4.78, 5) is 12.2. The number of aromatic nitrogens is 4. The fraction of sp³-hybridized carbons (Fsp3) is 0.476. The molecule has 0 unspecified atom stereocenters. The van der Waals surface area contributed by atoms with Crippen molar-refractivity contribution in [1.82, 2.24) is 20.2 Å². The van der Waals surface area contributed by atoms with Gasteiger partial charge >= 0.3 is 0 Å². The minimum atomic E-state index is 0.320. The number of nitrogens with one attached hydrogen (secondary N) is 1. The summed E-state index contributed by atoms with van der Waals surface area (Å²) >= 11 is 2.06. The Bertz CT molecular complexity index is 955. The molecule has 2 aliphatic rings. The lowest BCUT2D eigenvalue weighted by Gasteiger charge is -2.35. The van der Waals surface area contributed by atoms with Gasteiger partial charge in [-0.15, -0.1) is 0 Å². The van der Waals surface area contributed by atoms with Gasteiger partial charge in [0.25, 0.3) is 0 Å². The van der Waals surface area contributed by atoms with E-state index in [1.165, 1.54) is 35.3 Å². The second-order valence-electron chi connectivity index (χ2n) is 7.60. The minimum Gasteiger partial charge on any atom is -0.377 e. The molecule has 146 valence electrons. The maximum Gasteiger partial charge on any atom is 0.130 e. The highest BCUT2D eigenvalue weighted by Gasteiger charge is 2.25. The molecule has 5 heterocycles. The van der Waals surface area contributed by atoms with Crippen LogP contribution in [0.1, 0.15) is 31.2 Å². The van der Waals surface area contributed by atoms with Gasteiger partial charge in [-0.3, -0.25) is 10.1 Å². The van der Waals surface area contributed by atoms with Crippen LogP contribution in [0.4, 0.5) is 5.82 Å². The summed E-state index contributed by atoms with van der Waals surface area (Å²) in [6, 6.07) is 6.75. The SMILES string of the molecule is C[C@@H]1COCCN1c1cc(C2CCSCC2)c2ccnc(-c3ccn[nH]3)c2n1. The zero-order valence-electron chi connectivity index (χ0n) is 16.1. The molecular formula is C21H25N5OS. The molecule has 0 saturated carbocycles. The Balaban J connectivity index is 1.70. The topological polar surface area (TPSA) is 66.9 Å². The van der Waals surface area contributed by atoms with Crippen LogP contribution in [0.3, 0.4) is 0 Å². The number of hydrogen-bond donors (Lipinski definition) is 1. The van der Waals surface area contributed by atoms with Gasteiger partial charge in [0.15, 0.2) is 0 Å². The van der Waals surface area contributed by atoms with Crippen LogP contribution in [0, 0.1) is 0 Å². The first-order valence-corrected chi connectivity index (χ1v) is 11.2. The normalized spacial score (nSPS) is 21.3. The van der Waals surface area contributed by atoms with Crippen molar-refractivity contribution in [2.75, 3.05) is 36.2 Å². The number of aromatic amines is 1. The van der Waals surface area contributed by atoms with Crippen LogP contribution < -0.4 is 4.90 Å². The van der Waals surface area contributed by atoms with Gasteiger partial charge < -0.3 is 9.64 Å². The van der Waals surface area contributed by atoms with Crippen molar-refractivity contribution >= 4 is 28.5 Å². The molecule has 2 aliphatic heterocycles. The van der Waals surface area contributed by atoms with E-state index in [9.17, 15) is 0 Å². The van der Waals surface area contributed by atoms with Crippen molar-refractivity contribution in [3.63, 3.8) is 0 Å². The van der Waals surface area contributed by atoms with E-state index >= 15 is 0 Å². The first kappa shape index (κ1) is 17.9. The molecule has 6 nitrogen and oxygen atoms in total. The molecule has 1 atom stereocenters. The van der Waals surface area contributed by atoms with Crippen LogP contribution in [-0.4, -0.2) is 57.5 Å². The highest BCUT2D eigenvalue weighted by molar-refractivity contribution is 7.99. The fourth-order valence-corrected chi connectivity index (χ4v) is 5.42. The van der Waals surface area contributed by atoms with Crippen LogP contribution in [0.5, 0.6) is 0 Å². The lowest BCUT2D eigenvalue weighted by Crippen LogP contribution is -2.44. The molecule has 0 aromatic carbocycles. The Morgan fingerprint density at radius 1 is 1.21 bits per heavy atom. The van der Waals surface area contributed by atoms with Crippen molar-refractivity contribution in [2.24, 2.45) is 0 Å². The highest BCUT2D eigenvalue weighted by atomic mass is 32.2. The van der Waals surface area contributed by atoms with Gasteiger partial charge in [-0.1, -0.05) is 0 Å². The number of anilines is 1.